The zero-order valence-electron chi connectivity index (χ0n) is 8.36. The summed E-state index contributed by atoms with van der Waals surface area (Å²) in [5.41, 5.74) is 1.51. The molecular formula is C11H10N2O2. The Morgan fingerprint density at radius 2 is 2.40 bits per heavy atom. The number of rotatable bonds is 3. The van der Waals surface area contributed by atoms with E-state index in [0.717, 1.165) is 11.9 Å². The van der Waals surface area contributed by atoms with Crippen LogP contribution in [-0.2, 0) is 6.42 Å². The van der Waals surface area contributed by atoms with Crippen LogP contribution in [0.2, 0.25) is 0 Å². The third-order valence-corrected chi connectivity index (χ3v) is 2.01. The highest BCUT2D eigenvalue weighted by Crippen LogP contribution is 2.21. The van der Waals surface area contributed by atoms with Gasteiger partial charge in [0.05, 0.1) is 0 Å². The second-order valence-electron chi connectivity index (χ2n) is 3.04. The van der Waals surface area contributed by atoms with Crippen LogP contribution < -0.4 is 4.74 Å². The molecule has 15 heavy (non-hydrogen) atoms. The first-order valence-electron chi connectivity index (χ1n) is 4.72. The van der Waals surface area contributed by atoms with Gasteiger partial charge in [-0.2, -0.15) is 5.26 Å². The van der Waals surface area contributed by atoms with Gasteiger partial charge in [0.2, 0.25) is 0 Å². The molecule has 0 radical (unpaired) electrons. The highest BCUT2D eigenvalue weighted by atomic mass is 16.5. The van der Waals surface area contributed by atoms with Gasteiger partial charge < -0.3 is 9.15 Å². The number of aryl methyl sites for hydroxylation is 1. The van der Waals surface area contributed by atoms with Gasteiger partial charge in [-0.15, -0.1) is 0 Å². The molecule has 1 aromatic carbocycles. The van der Waals surface area contributed by atoms with Crippen LogP contribution in [0.25, 0.3) is 11.1 Å². The molecule has 0 spiro atoms. The van der Waals surface area contributed by atoms with E-state index in [1.807, 2.05) is 19.1 Å². The lowest BCUT2D eigenvalue weighted by molar-refractivity contribution is 0.368. The maximum absolute atomic E-state index is 8.37. The summed E-state index contributed by atoms with van der Waals surface area (Å²) in [7, 11) is 0. The molecule has 0 N–H and O–H groups in total. The normalized spacial score (nSPS) is 10.1. The van der Waals surface area contributed by atoms with Gasteiger partial charge in [0.1, 0.15) is 17.3 Å². The Morgan fingerprint density at radius 3 is 3.13 bits per heavy atom. The maximum Gasteiger partial charge on any atom is 0.195 e. The van der Waals surface area contributed by atoms with Gasteiger partial charge in [0.15, 0.2) is 18.1 Å². The fourth-order valence-corrected chi connectivity index (χ4v) is 1.31. The molecule has 0 saturated carbocycles. The molecule has 0 unspecified atom stereocenters. The van der Waals surface area contributed by atoms with E-state index in [4.69, 9.17) is 14.4 Å². The first-order valence-corrected chi connectivity index (χ1v) is 4.72. The summed E-state index contributed by atoms with van der Waals surface area (Å²) in [6.45, 7) is 2.03. The first kappa shape index (κ1) is 9.53. The molecule has 4 heteroatoms. The van der Waals surface area contributed by atoms with E-state index >= 15 is 0 Å². The van der Waals surface area contributed by atoms with Crippen LogP contribution in [0.1, 0.15) is 12.8 Å². The van der Waals surface area contributed by atoms with Crippen molar-refractivity contribution in [2.45, 2.75) is 13.3 Å². The Labute approximate surface area is 87.1 Å². The van der Waals surface area contributed by atoms with Gasteiger partial charge in [-0.25, -0.2) is 4.98 Å². The van der Waals surface area contributed by atoms with Crippen molar-refractivity contribution in [3.8, 4) is 11.8 Å². The van der Waals surface area contributed by atoms with Crippen molar-refractivity contribution in [1.29, 1.82) is 5.26 Å². The molecule has 0 atom stereocenters. The van der Waals surface area contributed by atoms with E-state index in [1.54, 1.807) is 12.1 Å². The third kappa shape index (κ3) is 1.91. The number of hydrogen-bond acceptors (Lipinski definition) is 4. The van der Waals surface area contributed by atoms with Gasteiger partial charge >= 0.3 is 0 Å². The van der Waals surface area contributed by atoms with Gasteiger partial charge in [-0.1, -0.05) is 6.92 Å². The molecule has 0 aliphatic carbocycles. The van der Waals surface area contributed by atoms with E-state index in [1.165, 1.54) is 0 Å². The van der Waals surface area contributed by atoms with E-state index in [2.05, 4.69) is 4.98 Å². The van der Waals surface area contributed by atoms with Crippen molar-refractivity contribution < 1.29 is 9.15 Å². The van der Waals surface area contributed by atoms with Crippen LogP contribution in [0.3, 0.4) is 0 Å². The molecule has 0 aliphatic heterocycles. The lowest BCUT2D eigenvalue weighted by Crippen LogP contribution is -1.92. The van der Waals surface area contributed by atoms with Crippen LogP contribution in [0.15, 0.2) is 22.6 Å². The highest BCUT2D eigenvalue weighted by molar-refractivity contribution is 5.74. The molecular weight excluding hydrogens is 192 g/mol. The van der Waals surface area contributed by atoms with E-state index in [9.17, 15) is 0 Å². The van der Waals surface area contributed by atoms with Crippen LogP contribution in [0.4, 0.5) is 0 Å². The predicted octanol–water partition coefficient (Wildman–Crippen LogP) is 2.29. The van der Waals surface area contributed by atoms with Crippen molar-refractivity contribution in [3.63, 3.8) is 0 Å². The number of oxazole rings is 1. The number of nitrogens with zero attached hydrogens (tertiary/aromatic N) is 2. The van der Waals surface area contributed by atoms with E-state index < -0.39 is 0 Å². The van der Waals surface area contributed by atoms with Gasteiger partial charge in [-0.05, 0) is 12.1 Å². The minimum atomic E-state index is 0.0419. The first-order chi connectivity index (χ1) is 7.33. The molecule has 1 heterocycles. The molecule has 2 rings (SSSR count). The van der Waals surface area contributed by atoms with Crippen LogP contribution >= 0.6 is 0 Å². The smallest absolute Gasteiger partial charge is 0.195 e. The summed E-state index contributed by atoms with van der Waals surface area (Å²) in [6, 6.07) is 7.26. The van der Waals surface area contributed by atoms with E-state index in [-0.39, 0.29) is 6.61 Å². The van der Waals surface area contributed by atoms with Gasteiger partial charge in [-0.3, -0.25) is 0 Å². The molecule has 76 valence electrons. The zero-order chi connectivity index (χ0) is 10.7. The number of benzene rings is 1. The zero-order valence-corrected chi connectivity index (χ0v) is 8.36. The summed E-state index contributed by atoms with van der Waals surface area (Å²) in [5, 5.41) is 8.37. The Morgan fingerprint density at radius 1 is 1.53 bits per heavy atom. The van der Waals surface area contributed by atoms with Crippen molar-refractivity contribution in [2.24, 2.45) is 0 Å². The highest BCUT2D eigenvalue weighted by Gasteiger charge is 2.04. The third-order valence-electron chi connectivity index (χ3n) is 2.01. The minimum absolute atomic E-state index is 0.0419. The Bertz CT molecular complexity index is 511. The fraction of sp³-hybridized carbons (Fsp3) is 0.273. The number of nitriles is 1. The van der Waals surface area contributed by atoms with Crippen molar-refractivity contribution in [3.05, 3.63) is 24.1 Å². The second-order valence-corrected chi connectivity index (χ2v) is 3.04. The molecule has 2 aromatic rings. The summed E-state index contributed by atoms with van der Waals surface area (Å²) in [4.78, 5) is 4.27. The second kappa shape index (κ2) is 4.01. The minimum Gasteiger partial charge on any atom is -0.479 e. The fourth-order valence-electron chi connectivity index (χ4n) is 1.31. The molecule has 4 nitrogen and oxygen atoms in total. The average Bonchev–Trinajstić information content (AvgIpc) is 2.68. The molecule has 0 bridgehead atoms. The summed E-state index contributed by atoms with van der Waals surface area (Å²) in [5.74, 6) is 1.34. The molecule has 0 aliphatic rings. The molecule has 0 amide bonds. The largest absolute Gasteiger partial charge is 0.479 e. The number of fused-ring (bicyclic) bond motifs is 1. The Kier molecular flexibility index (Phi) is 2.55. The van der Waals surface area contributed by atoms with Crippen molar-refractivity contribution in [2.75, 3.05) is 6.61 Å². The molecule has 0 fully saturated rings. The maximum atomic E-state index is 8.37. The summed E-state index contributed by atoms with van der Waals surface area (Å²) >= 11 is 0. The predicted molar refractivity (Wildman–Crippen MR) is 54.5 cm³/mol. The number of ether oxygens (including phenoxy) is 1. The van der Waals surface area contributed by atoms with E-state index in [0.29, 0.717) is 17.2 Å². The van der Waals surface area contributed by atoms with Crippen LogP contribution in [0.5, 0.6) is 5.75 Å². The van der Waals surface area contributed by atoms with Gasteiger partial charge in [0.25, 0.3) is 0 Å². The summed E-state index contributed by atoms with van der Waals surface area (Å²) < 4.78 is 10.6. The lowest BCUT2D eigenvalue weighted by Gasteiger charge is -1.98. The number of hydrogen-bond donors (Lipinski definition) is 0. The topological polar surface area (TPSA) is 59.0 Å². The number of aromatic nitrogens is 1. The lowest BCUT2D eigenvalue weighted by atomic mass is 10.3. The SMILES string of the molecule is CCc1nc2ccc(OCC#N)cc2o1. The standard InChI is InChI=1S/C11H10N2O2/c1-2-11-13-9-4-3-8(14-6-5-12)7-10(9)15-11/h3-4,7H,2,6H2,1H3. The average molecular weight is 202 g/mol. The van der Waals surface area contributed by atoms with Crippen molar-refractivity contribution in [1.82, 2.24) is 4.98 Å². The van der Waals surface area contributed by atoms with Crippen LogP contribution in [-0.4, -0.2) is 11.6 Å². The Balaban J connectivity index is 2.34. The monoisotopic (exact) mass is 202 g/mol. The molecule has 0 saturated heterocycles. The quantitative estimate of drug-likeness (QED) is 0.766. The van der Waals surface area contributed by atoms with Crippen molar-refractivity contribution >= 4 is 11.1 Å². The van der Waals surface area contributed by atoms with Gasteiger partial charge in [0, 0.05) is 12.5 Å². The van der Waals surface area contributed by atoms with Crippen LogP contribution in [0, 0.1) is 11.3 Å². The summed E-state index contributed by atoms with van der Waals surface area (Å²) in [6.07, 6.45) is 0.767. The molecule has 1 aromatic heterocycles. The Hall–Kier alpha value is -2.02.